The Morgan fingerprint density at radius 3 is 3.00 bits per heavy atom. The second kappa shape index (κ2) is 3.73. The molecular weight excluding hydrogens is 176 g/mol. The monoisotopic (exact) mass is 194 g/mol. The van der Waals surface area contributed by atoms with Gasteiger partial charge in [-0.15, -0.1) is 0 Å². The average Bonchev–Trinajstić information content (AvgIpc) is 2.59. The number of aromatic nitrogens is 1. The number of hydrogen-bond donors (Lipinski definition) is 1. The van der Waals surface area contributed by atoms with Crippen LogP contribution in [0.2, 0.25) is 0 Å². The predicted molar refractivity (Wildman–Crippen MR) is 55.2 cm³/mol. The minimum Gasteiger partial charge on any atom is -0.445 e. The number of hydrogen-bond acceptors (Lipinski definition) is 3. The zero-order valence-electron chi connectivity index (χ0n) is 8.92. The summed E-state index contributed by atoms with van der Waals surface area (Å²) in [6.45, 7) is 4.98. The van der Waals surface area contributed by atoms with Crippen LogP contribution in [0.5, 0.6) is 0 Å². The standard InChI is InChI=1S/C11H18N2O/c1-7(2)11-13-9-5-8(6-12)3-4-10(9)14-11/h7-8H,3-6,12H2,1-2H3. The fourth-order valence-corrected chi connectivity index (χ4v) is 1.92. The molecule has 1 aliphatic rings. The third-order valence-electron chi connectivity index (χ3n) is 2.88. The van der Waals surface area contributed by atoms with Gasteiger partial charge in [0.1, 0.15) is 5.76 Å². The van der Waals surface area contributed by atoms with Crippen LogP contribution in [0, 0.1) is 5.92 Å². The van der Waals surface area contributed by atoms with Gasteiger partial charge in [0.25, 0.3) is 0 Å². The Labute approximate surface area is 84.7 Å². The first-order valence-electron chi connectivity index (χ1n) is 5.39. The maximum Gasteiger partial charge on any atom is 0.197 e. The summed E-state index contributed by atoms with van der Waals surface area (Å²) >= 11 is 0. The highest BCUT2D eigenvalue weighted by molar-refractivity contribution is 5.15. The third kappa shape index (κ3) is 1.69. The van der Waals surface area contributed by atoms with E-state index in [1.165, 1.54) is 0 Å². The number of nitrogens with two attached hydrogens (primary N) is 1. The zero-order valence-corrected chi connectivity index (χ0v) is 8.92. The first kappa shape index (κ1) is 9.71. The number of rotatable bonds is 2. The zero-order chi connectivity index (χ0) is 10.1. The van der Waals surface area contributed by atoms with Crippen molar-refractivity contribution in [1.82, 2.24) is 4.98 Å². The molecule has 1 aromatic heterocycles. The molecule has 2 N–H and O–H groups in total. The highest BCUT2D eigenvalue weighted by atomic mass is 16.4. The molecule has 14 heavy (non-hydrogen) atoms. The van der Waals surface area contributed by atoms with Crippen LogP contribution in [-0.4, -0.2) is 11.5 Å². The number of fused-ring (bicyclic) bond motifs is 1. The molecule has 0 aromatic carbocycles. The van der Waals surface area contributed by atoms with E-state index in [0.29, 0.717) is 11.8 Å². The highest BCUT2D eigenvalue weighted by Gasteiger charge is 2.23. The van der Waals surface area contributed by atoms with E-state index in [2.05, 4.69) is 18.8 Å². The molecule has 3 heteroatoms. The van der Waals surface area contributed by atoms with Gasteiger partial charge in [0.05, 0.1) is 5.69 Å². The van der Waals surface area contributed by atoms with Crippen LogP contribution in [0.15, 0.2) is 4.42 Å². The van der Waals surface area contributed by atoms with Gasteiger partial charge in [0, 0.05) is 12.3 Å². The normalized spacial score (nSPS) is 21.3. The second-order valence-corrected chi connectivity index (χ2v) is 4.42. The number of nitrogens with zero attached hydrogens (tertiary/aromatic N) is 1. The van der Waals surface area contributed by atoms with Crippen molar-refractivity contribution in [1.29, 1.82) is 0 Å². The van der Waals surface area contributed by atoms with Crippen LogP contribution in [-0.2, 0) is 12.8 Å². The van der Waals surface area contributed by atoms with Gasteiger partial charge in [-0.25, -0.2) is 4.98 Å². The Morgan fingerprint density at radius 2 is 2.36 bits per heavy atom. The molecule has 1 unspecified atom stereocenters. The van der Waals surface area contributed by atoms with Gasteiger partial charge in [0.2, 0.25) is 0 Å². The van der Waals surface area contributed by atoms with Gasteiger partial charge in [0.15, 0.2) is 5.89 Å². The van der Waals surface area contributed by atoms with Crippen molar-refractivity contribution in [3.8, 4) is 0 Å². The van der Waals surface area contributed by atoms with Crippen LogP contribution < -0.4 is 5.73 Å². The minimum atomic E-state index is 0.386. The van der Waals surface area contributed by atoms with Crippen molar-refractivity contribution >= 4 is 0 Å². The maximum atomic E-state index is 5.71. The van der Waals surface area contributed by atoms with E-state index in [1.807, 2.05) is 0 Å². The van der Waals surface area contributed by atoms with Crippen molar-refractivity contribution in [2.75, 3.05) is 6.54 Å². The van der Waals surface area contributed by atoms with Gasteiger partial charge < -0.3 is 10.2 Å². The molecule has 0 radical (unpaired) electrons. The maximum absolute atomic E-state index is 5.71. The summed E-state index contributed by atoms with van der Waals surface area (Å²) in [4.78, 5) is 4.53. The van der Waals surface area contributed by atoms with E-state index in [-0.39, 0.29) is 0 Å². The molecule has 2 rings (SSSR count). The van der Waals surface area contributed by atoms with Crippen LogP contribution in [0.1, 0.15) is 43.5 Å². The smallest absolute Gasteiger partial charge is 0.197 e. The first-order valence-corrected chi connectivity index (χ1v) is 5.39. The lowest BCUT2D eigenvalue weighted by Gasteiger charge is -2.17. The van der Waals surface area contributed by atoms with Crippen LogP contribution >= 0.6 is 0 Å². The molecule has 1 aliphatic carbocycles. The van der Waals surface area contributed by atoms with Gasteiger partial charge in [-0.3, -0.25) is 0 Å². The largest absolute Gasteiger partial charge is 0.445 e. The summed E-state index contributed by atoms with van der Waals surface area (Å²) < 4.78 is 5.71. The fourth-order valence-electron chi connectivity index (χ4n) is 1.92. The Hall–Kier alpha value is -0.830. The lowest BCUT2D eigenvalue weighted by Crippen LogP contribution is -2.21. The summed E-state index contributed by atoms with van der Waals surface area (Å²) in [6.07, 6.45) is 3.16. The Bertz CT molecular complexity index is 317. The average molecular weight is 194 g/mol. The second-order valence-electron chi connectivity index (χ2n) is 4.42. The Balaban J connectivity index is 2.21. The van der Waals surface area contributed by atoms with E-state index in [0.717, 1.165) is 43.2 Å². The van der Waals surface area contributed by atoms with E-state index in [1.54, 1.807) is 0 Å². The van der Waals surface area contributed by atoms with Gasteiger partial charge >= 0.3 is 0 Å². The van der Waals surface area contributed by atoms with Gasteiger partial charge in [-0.05, 0) is 25.3 Å². The van der Waals surface area contributed by atoms with Crippen molar-refractivity contribution in [2.45, 2.75) is 39.0 Å². The predicted octanol–water partition coefficient (Wildman–Crippen LogP) is 1.86. The Kier molecular flexibility index (Phi) is 2.59. The lowest BCUT2D eigenvalue weighted by atomic mass is 9.90. The molecule has 3 nitrogen and oxygen atoms in total. The summed E-state index contributed by atoms with van der Waals surface area (Å²) in [7, 11) is 0. The van der Waals surface area contributed by atoms with Gasteiger partial charge in [-0.2, -0.15) is 0 Å². The lowest BCUT2D eigenvalue weighted by molar-refractivity contribution is 0.389. The van der Waals surface area contributed by atoms with Crippen LogP contribution in [0.25, 0.3) is 0 Å². The van der Waals surface area contributed by atoms with Crippen molar-refractivity contribution < 1.29 is 4.42 Å². The molecular formula is C11H18N2O. The molecule has 0 aliphatic heterocycles. The molecule has 0 amide bonds. The summed E-state index contributed by atoms with van der Waals surface area (Å²) in [5.41, 5.74) is 6.82. The molecule has 1 aromatic rings. The van der Waals surface area contributed by atoms with E-state index < -0.39 is 0 Å². The molecule has 0 fully saturated rings. The third-order valence-corrected chi connectivity index (χ3v) is 2.88. The topological polar surface area (TPSA) is 52.0 Å². The van der Waals surface area contributed by atoms with Crippen LogP contribution in [0.3, 0.4) is 0 Å². The Morgan fingerprint density at radius 1 is 1.57 bits per heavy atom. The molecule has 0 spiro atoms. The van der Waals surface area contributed by atoms with E-state index in [4.69, 9.17) is 10.2 Å². The summed E-state index contributed by atoms with van der Waals surface area (Å²) in [5.74, 6) is 2.97. The number of aryl methyl sites for hydroxylation is 1. The van der Waals surface area contributed by atoms with E-state index in [9.17, 15) is 0 Å². The first-order chi connectivity index (χ1) is 6.70. The number of oxazole rings is 1. The highest BCUT2D eigenvalue weighted by Crippen LogP contribution is 2.27. The van der Waals surface area contributed by atoms with Crippen molar-refractivity contribution in [3.63, 3.8) is 0 Å². The molecule has 78 valence electrons. The van der Waals surface area contributed by atoms with Gasteiger partial charge in [-0.1, -0.05) is 13.8 Å². The summed E-state index contributed by atoms with van der Waals surface area (Å²) in [5, 5.41) is 0. The van der Waals surface area contributed by atoms with Crippen molar-refractivity contribution in [3.05, 3.63) is 17.3 Å². The van der Waals surface area contributed by atoms with Crippen LogP contribution in [0.4, 0.5) is 0 Å². The fraction of sp³-hybridized carbons (Fsp3) is 0.727. The molecule has 0 saturated heterocycles. The van der Waals surface area contributed by atoms with Crippen molar-refractivity contribution in [2.24, 2.45) is 11.7 Å². The molecule has 1 atom stereocenters. The quantitative estimate of drug-likeness (QED) is 0.781. The minimum absolute atomic E-state index is 0.386. The molecule has 0 saturated carbocycles. The molecule has 1 heterocycles. The summed E-state index contributed by atoms with van der Waals surface area (Å²) in [6, 6.07) is 0. The molecule has 0 bridgehead atoms. The SMILES string of the molecule is CC(C)c1nc2c(o1)CCC(CN)C2. The van der Waals surface area contributed by atoms with E-state index >= 15 is 0 Å².